The van der Waals surface area contributed by atoms with E-state index in [1.54, 1.807) is 6.92 Å². The number of fused-ring (bicyclic) bond motifs is 1. The maximum absolute atomic E-state index is 11.5. The smallest absolute Gasteiger partial charge is 0.332 e. The zero-order chi connectivity index (χ0) is 13.8. The van der Waals surface area contributed by atoms with Gasteiger partial charge in [0.05, 0.1) is 11.6 Å². The van der Waals surface area contributed by atoms with Crippen LogP contribution in [-0.2, 0) is 9.53 Å². The van der Waals surface area contributed by atoms with Crippen LogP contribution in [0.2, 0.25) is 0 Å². The minimum Gasteiger partial charge on any atom is -0.463 e. The molecule has 2 rings (SSSR count). The maximum Gasteiger partial charge on any atom is 0.332 e. The van der Waals surface area contributed by atoms with E-state index in [9.17, 15) is 4.79 Å². The van der Waals surface area contributed by atoms with E-state index in [0.717, 1.165) is 21.9 Å². The van der Waals surface area contributed by atoms with E-state index >= 15 is 0 Å². The van der Waals surface area contributed by atoms with Crippen molar-refractivity contribution >= 4 is 33.4 Å². The first-order chi connectivity index (χ1) is 9.13. The maximum atomic E-state index is 11.5. The van der Waals surface area contributed by atoms with Crippen molar-refractivity contribution in [2.24, 2.45) is 0 Å². The third-order valence-corrected chi connectivity index (χ3v) is 3.21. The lowest BCUT2D eigenvalue weighted by Gasteiger charge is -2.09. The number of esters is 1. The van der Waals surface area contributed by atoms with Gasteiger partial charge in [-0.1, -0.05) is 48.0 Å². The van der Waals surface area contributed by atoms with Crippen LogP contribution in [0, 0.1) is 6.92 Å². The summed E-state index contributed by atoms with van der Waals surface area (Å²) < 4.78 is 4.89. The molecule has 2 aromatic carbocycles. The Labute approximate surface area is 117 Å². The second-order valence-electron chi connectivity index (χ2n) is 4.22. The molecule has 0 radical (unpaired) electrons. The van der Waals surface area contributed by atoms with E-state index < -0.39 is 5.97 Å². The highest BCUT2D eigenvalue weighted by molar-refractivity contribution is 6.51. The highest BCUT2D eigenvalue weighted by atomic mass is 35.5. The largest absolute Gasteiger partial charge is 0.463 e. The van der Waals surface area contributed by atoms with E-state index in [-0.39, 0.29) is 0 Å². The molecule has 0 fully saturated rings. The summed E-state index contributed by atoms with van der Waals surface area (Å²) in [5.41, 5.74) is 1.91. The van der Waals surface area contributed by atoms with Gasteiger partial charge in [0.1, 0.15) is 0 Å². The van der Waals surface area contributed by atoms with Gasteiger partial charge in [-0.05, 0) is 30.2 Å². The van der Waals surface area contributed by atoms with Crippen molar-refractivity contribution in [1.29, 1.82) is 0 Å². The monoisotopic (exact) mass is 274 g/mol. The first-order valence-corrected chi connectivity index (χ1v) is 6.54. The number of aryl methyl sites for hydroxylation is 1. The van der Waals surface area contributed by atoms with Gasteiger partial charge >= 0.3 is 5.97 Å². The van der Waals surface area contributed by atoms with Gasteiger partial charge in [-0.25, -0.2) is 4.79 Å². The minimum absolute atomic E-state index is 0.341. The quantitative estimate of drug-likeness (QED) is 0.616. The van der Waals surface area contributed by atoms with Crippen molar-refractivity contribution in [3.05, 3.63) is 53.6 Å². The summed E-state index contributed by atoms with van der Waals surface area (Å²) >= 11 is 6.28. The highest BCUT2D eigenvalue weighted by Crippen LogP contribution is 2.30. The van der Waals surface area contributed by atoms with E-state index in [1.807, 2.05) is 43.3 Å². The van der Waals surface area contributed by atoms with Crippen molar-refractivity contribution in [3.8, 4) is 0 Å². The first kappa shape index (κ1) is 13.6. The lowest BCUT2D eigenvalue weighted by Crippen LogP contribution is -2.00. The number of carbonyl (C=O) groups excluding carboxylic acids is 1. The lowest BCUT2D eigenvalue weighted by atomic mass is 9.99. The molecule has 0 bridgehead atoms. The van der Waals surface area contributed by atoms with Gasteiger partial charge in [0.2, 0.25) is 0 Å². The predicted molar refractivity (Wildman–Crippen MR) is 79.1 cm³/mol. The van der Waals surface area contributed by atoms with Crippen LogP contribution >= 0.6 is 11.6 Å². The molecule has 0 aromatic heterocycles. The molecule has 0 atom stereocenters. The molecule has 0 spiro atoms. The molecule has 0 saturated carbocycles. The summed E-state index contributed by atoms with van der Waals surface area (Å²) in [4.78, 5) is 11.5. The van der Waals surface area contributed by atoms with Crippen LogP contribution in [0.15, 0.2) is 42.5 Å². The fraction of sp³-hybridized carbons (Fsp3) is 0.188. The average Bonchev–Trinajstić information content (AvgIpc) is 2.38. The van der Waals surface area contributed by atoms with Gasteiger partial charge in [0.25, 0.3) is 0 Å². The fourth-order valence-corrected chi connectivity index (χ4v) is 2.40. The molecule has 0 unspecified atom stereocenters. The number of hydrogen-bond donors (Lipinski definition) is 0. The molecule has 0 aliphatic rings. The van der Waals surface area contributed by atoms with Crippen molar-refractivity contribution < 1.29 is 9.53 Å². The van der Waals surface area contributed by atoms with Crippen LogP contribution in [0.1, 0.15) is 18.1 Å². The standard InChI is InChI=1S/C16H15ClO2/c1-3-19-15(18)10-14(17)16-11(2)8-9-12-6-4-5-7-13(12)16/h4-10H,3H2,1-2H3/b14-10+. The van der Waals surface area contributed by atoms with Crippen molar-refractivity contribution in [2.45, 2.75) is 13.8 Å². The summed E-state index contributed by atoms with van der Waals surface area (Å²) in [6, 6.07) is 12.0. The summed E-state index contributed by atoms with van der Waals surface area (Å²) in [5, 5.41) is 2.54. The molecule has 2 aromatic rings. The molecule has 19 heavy (non-hydrogen) atoms. The number of benzene rings is 2. The normalized spacial score (nSPS) is 11.6. The molecule has 0 N–H and O–H groups in total. The van der Waals surface area contributed by atoms with Crippen molar-refractivity contribution in [3.63, 3.8) is 0 Å². The Morgan fingerprint density at radius 3 is 2.74 bits per heavy atom. The van der Waals surface area contributed by atoms with Crippen LogP contribution in [-0.4, -0.2) is 12.6 Å². The molecule has 0 amide bonds. The number of rotatable bonds is 3. The molecule has 2 nitrogen and oxygen atoms in total. The number of carbonyl (C=O) groups is 1. The Bertz CT molecular complexity index is 644. The molecular formula is C16H15ClO2. The Hall–Kier alpha value is -1.80. The van der Waals surface area contributed by atoms with Gasteiger partial charge in [0, 0.05) is 11.6 Å². The van der Waals surface area contributed by atoms with Gasteiger partial charge in [-0.15, -0.1) is 0 Å². The molecule has 0 aliphatic carbocycles. The van der Waals surface area contributed by atoms with Gasteiger partial charge in [0.15, 0.2) is 0 Å². The number of hydrogen-bond acceptors (Lipinski definition) is 2. The SMILES string of the molecule is CCOC(=O)/C=C(/Cl)c1c(C)ccc2ccccc12. The third-order valence-electron chi connectivity index (χ3n) is 2.91. The number of halogens is 1. The van der Waals surface area contributed by atoms with Crippen molar-refractivity contribution in [1.82, 2.24) is 0 Å². The van der Waals surface area contributed by atoms with Gasteiger partial charge in [-0.3, -0.25) is 0 Å². The second kappa shape index (κ2) is 5.89. The zero-order valence-corrected chi connectivity index (χ0v) is 11.7. The molecule has 0 aliphatic heterocycles. The molecule has 3 heteroatoms. The third kappa shape index (κ3) is 2.96. The average molecular weight is 275 g/mol. The van der Waals surface area contributed by atoms with Gasteiger partial charge in [-0.2, -0.15) is 0 Å². The van der Waals surface area contributed by atoms with Crippen molar-refractivity contribution in [2.75, 3.05) is 6.61 Å². The zero-order valence-electron chi connectivity index (χ0n) is 10.9. The van der Waals surface area contributed by atoms with Gasteiger partial charge < -0.3 is 4.74 Å². The first-order valence-electron chi connectivity index (χ1n) is 6.16. The highest BCUT2D eigenvalue weighted by Gasteiger charge is 2.10. The summed E-state index contributed by atoms with van der Waals surface area (Å²) in [6.07, 6.45) is 1.33. The van der Waals surface area contributed by atoms with Crippen LogP contribution in [0.3, 0.4) is 0 Å². The lowest BCUT2D eigenvalue weighted by molar-refractivity contribution is -0.137. The molecule has 0 heterocycles. The molecule has 0 saturated heterocycles. The van der Waals surface area contributed by atoms with Crippen LogP contribution in [0.5, 0.6) is 0 Å². The fourth-order valence-electron chi connectivity index (χ4n) is 2.06. The summed E-state index contributed by atoms with van der Waals surface area (Å²) in [6.45, 7) is 4.08. The second-order valence-corrected chi connectivity index (χ2v) is 4.63. The van der Waals surface area contributed by atoms with E-state index in [2.05, 4.69) is 0 Å². The topological polar surface area (TPSA) is 26.3 Å². The van der Waals surface area contributed by atoms with E-state index in [0.29, 0.717) is 11.6 Å². The molecular weight excluding hydrogens is 260 g/mol. The van der Waals surface area contributed by atoms with E-state index in [1.165, 1.54) is 6.08 Å². The number of ether oxygens (including phenoxy) is 1. The van der Waals surface area contributed by atoms with Crippen LogP contribution in [0.4, 0.5) is 0 Å². The Balaban J connectivity index is 2.55. The Morgan fingerprint density at radius 2 is 2.00 bits per heavy atom. The van der Waals surface area contributed by atoms with E-state index in [4.69, 9.17) is 16.3 Å². The summed E-state index contributed by atoms with van der Waals surface area (Å²) in [7, 11) is 0. The van der Waals surface area contributed by atoms with Crippen LogP contribution < -0.4 is 0 Å². The molecule has 98 valence electrons. The predicted octanol–water partition coefficient (Wildman–Crippen LogP) is 4.29. The Morgan fingerprint density at radius 1 is 1.26 bits per heavy atom. The Kier molecular flexibility index (Phi) is 4.23. The summed E-state index contributed by atoms with van der Waals surface area (Å²) in [5.74, 6) is -0.417. The van der Waals surface area contributed by atoms with Crippen LogP contribution in [0.25, 0.3) is 15.8 Å². The minimum atomic E-state index is -0.417.